The van der Waals surface area contributed by atoms with Crippen molar-refractivity contribution < 1.29 is 19.8 Å². The van der Waals surface area contributed by atoms with Gasteiger partial charge in [-0.2, -0.15) is 0 Å². The third-order valence-electron chi connectivity index (χ3n) is 13.7. The van der Waals surface area contributed by atoms with Crippen LogP contribution in [0.5, 0.6) is 0 Å². The summed E-state index contributed by atoms with van der Waals surface area (Å²) in [6.07, 6.45) is 9.81. The first-order valence-electron chi connectivity index (χ1n) is 15.4. The Morgan fingerprint density at radius 1 is 1.00 bits per heavy atom. The molecule has 0 aliphatic heterocycles. The maximum absolute atomic E-state index is 14.4. The summed E-state index contributed by atoms with van der Waals surface area (Å²) in [6.45, 7) is 18.1. The van der Waals surface area contributed by atoms with Gasteiger partial charge >= 0.3 is 0 Å². The minimum Gasteiger partial charge on any atom is -0.393 e. The van der Waals surface area contributed by atoms with E-state index in [1.807, 2.05) is 0 Å². The zero-order valence-corrected chi connectivity index (χ0v) is 25.2. The average Bonchev–Trinajstić information content (AvgIpc) is 2.82. The lowest BCUT2D eigenvalue weighted by Gasteiger charge is -2.70. The number of carbonyl (C=O) groups is 2. The zero-order chi connectivity index (χ0) is 28.1. The Bertz CT molecular complexity index is 1050. The molecule has 4 fully saturated rings. The number of aliphatic hydroxyl groups excluding tert-OH is 2. The Morgan fingerprint density at radius 2 is 1.66 bits per heavy atom. The fourth-order valence-corrected chi connectivity index (χ4v) is 10.8. The lowest BCUT2D eigenvalue weighted by atomic mass is 9.33. The van der Waals surface area contributed by atoms with Crippen LogP contribution in [0.1, 0.15) is 113 Å². The molecule has 0 radical (unpaired) electrons. The molecular weight excluding hydrogens is 474 g/mol. The molecule has 5 rings (SSSR count). The lowest BCUT2D eigenvalue weighted by molar-refractivity contribution is -0.202. The van der Waals surface area contributed by atoms with Gasteiger partial charge in [0.15, 0.2) is 5.78 Å². The highest BCUT2D eigenvalue weighted by molar-refractivity contribution is 5.95. The van der Waals surface area contributed by atoms with Gasteiger partial charge in [0, 0.05) is 17.9 Å². The average molecular weight is 528 g/mol. The number of hydrogen-bond acceptors (Lipinski definition) is 4. The van der Waals surface area contributed by atoms with Gasteiger partial charge in [0.1, 0.15) is 0 Å². The molecule has 0 aromatic carbocycles. The van der Waals surface area contributed by atoms with Crippen LogP contribution in [0, 0.1) is 50.2 Å². The minimum atomic E-state index is -0.563. The molecule has 5 aliphatic carbocycles. The quantitative estimate of drug-likeness (QED) is 0.431. The predicted octanol–water partition coefficient (Wildman–Crippen LogP) is 5.83. The number of rotatable bonds is 3. The van der Waals surface area contributed by atoms with Gasteiger partial charge in [-0.05, 0) is 110 Å². The first kappa shape index (κ1) is 28.3. The molecule has 3 N–H and O–H groups in total. The van der Waals surface area contributed by atoms with Gasteiger partial charge in [0.25, 0.3) is 0 Å². The highest BCUT2D eigenvalue weighted by Gasteiger charge is 2.70. The van der Waals surface area contributed by atoms with Gasteiger partial charge in [0.2, 0.25) is 5.91 Å². The van der Waals surface area contributed by atoms with Crippen LogP contribution < -0.4 is 5.32 Å². The van der Waals surface area contributed by atoms with Crippen molar-refractivity contribution in [1.29, 1.82) is 0 Å². The second-order valence-electron chi connectivity index (χ2n) is 16.2. The summed E-state index contributed by atoms with van der Waals surface area (Å²) in [4.78, 5) is 27.7. The van der Waals surface area contributed by atoms with E-state index in [2.05, 4.69) is 59.9 Å². The predicted molar refractivity (Wildman–Crippen MR) is 150 cm³/mol. The van der Waals surface area contributed by atoms with Crippen molar-refractivity contribution in [3.05, 3.63) is 11.6 Å². The summed E-state index contributed by atoms with van der Waals surface area (Å²) < 4.78 is 0. The Balaban J connectivity index is 1.54. The van der Waals surface area contributed by atoms with E-state index in [4.69, 9.17) is 0 Å². The molecule has 0 aromatic rings. The molecule has 214 valence electrons. The number of aliphatic hydroxyl groups is 2. The van der Waals surface area contributed by atoms with Gasteiger partial charge < -0.3 is 15.5 Å². The van der Waals surface area contributed by atoms with Crippen molar-refractivity contribution in [1.82, 2.24) is 5.32 Å². The molecule has 0 saturated heterocycles. The summed E-state index contributed by atoms with van der Waals surface area (Å²) >= 11 is 0. The van der Waals surface area contributed by atoms with Gasteiger partial charge in [-0.1, -0.05) is 54.0 Å². The van der Waals surface area contributed by atoms with Crippen molar-refractivity contribution in [2.24, 2.45) is 50.2 Å². The van der Waals surface area contributed by atoms with Crippen LogP contribution in [0.4, 0.5) is 0 Å². The van der Waals surface area contributed by atoms with E-state index in [1.165, 1.54) is 5.57 Å². The van der Waals surface area contributed by atoms with Gasteiger partial charge in [-0.15, -0.1) is 0 Å². The zero-order valence-electron chi connectivity index (χ0n) is 25.2. The van der Waals surface area contributed by atoms with Crippen LogP contribution in [0.15, 0.2) is 11.6 Å². The standard InChI is InChI=1S/C33H53NO4/c1-20(35)19-34-27(38)30(5)14-13-29(4)15-16-32(7)21(22(29)18-30)17-23(36)26-31(6)11-10-25(37)28(2,3)24(31)9-12-33(26,32)8/h17,20,22,24-26,35,37H,9-16,18-19H2,1-8H3,(H,34,38)/t20?,22-,24-,25-,26+,29+,30-,31-,32+,33+/m0/s1. The first-order valence-corrected chi connectivity index (χ1v) is 15.4. The Kier molecular flexibility index (Phi) is 6.45. The summed E-state index contributed by atoms with van der Waals surface area (Å²) in [7, 11) is 0. The highest BCUT2D eigenvalue weighted by Crippen LogP contribution is 2.75. The normalized spacial score (nSPS) is 50.5. The molecule has 10 atom stereocenters. The second kappa shape index (κ2) is 8.65. The summed E-state index contributed by atoms with van der Waals surface area (Å²) in [6, 6.07) is 0. The highest BCUT2D eigenvalue weighted by atomic mass is 16.3. The lowest BCUT2D eigenvalue weighted by Crippen LogP contribution is -2.66. The van der Waals surface area contributed by atoms with Crippen LogP contribution in [0.25, 0.3) is 0 Å². The van der Waals surface area contributed by atoms with Crippen molar-refractivity contribution in [2.75, 3.05) is 6.54 Å². The smallest absolute Gasteiger partial charge is 0.226 e. The number of nitrogens with one attached hydrogen (secondary N) is 1. The molecule has 0 aromatic heterocycles. The molecule has 1 amide bonds. The van der Waals surface area contributed by atoms with Gasteiger partial charge in [-0.25, -0.2) is 0 Å². The molecule has 5 nitrogen and oxygen atoms in total. The van der Waals surface area contributed by atoms with Crippen LogP contribution in [0.3, 0.4) is 0 Å². The van der Waals surface area contributed by atoms with E-state index in [-0.39, 0.29) is 57.5 Å². The topological polar surface area (TPSA) is 86.6 Å². The van der Waals surface area contributed by atoms with E-state index in [1.54, 1.807) is 6.92 Å². The van der Waals surface area contributed by atoms with Crippen molar-refractivity contribution in [2.45, 2.75) is 125 Å². The number of allylic oxidation sites excluding steroid dienone is 2. The molecule has 38 heavy (non-hydrogen) atoms. The molecule has 5 heteroatoms. The Morgan fingerprint density at radius 3 is 2.32 bits per heavy atom. The van der Waals surface area contributed by atoms with Gasteiger partial charge in [0.05, 0.1) is 12.2 Å². The number of ketones is 1. The molecule has 4 saturated carbocycles. The van der Waals surface area contributed by atoms with Crippen LogP contribution in [0.2, 0.25) is 0 Å². The molecule has 5 aliphatic rings. The van der Waals surface area contributed by atoms with Crippen molar-refractivity contribution in [3.8, 4) is 0 Å². The maximum atomic E-state index is 14.4. The molecule has 0 spiro atoms. The summed E-state index contributed by atoms with van der Waals surface area (Å²) in [5.74, 6) is 0.867. The Labute approximate surface area is 230 Å². The number of carbonyl (C=O) groups excluding carboxylic acids is 2. The number of hydrogen-bond donors (Lipinski definition) is 3. The van der Waals surface area contributed by atoms with Crippen LogP contribution in [-0.2, 0) is 9.59 Å². The van der Waals surface area contributed by atoms with Crippen molar-refractivity contribution in [3.63, 3.8) is 0 Å². The molecule has 1 unspecified atom stereocenters. The summed E-state index contributed by atoms with van der Waals surface area (Å²) in [5, 5.41) is 23.7. The van der Waals surface area contributed by atoms with E-state index >= 15 is 0 Å². The van der Waals surface area contributed by atoms with Crippen molar-refractivity contribution >= 4 is 11.7 Å². The van der Waals surface area contributed by atoms with E-state index in [9.17, 15) is 19.8 Å². The van der Waals surface area contributed by atoms with Crippen LogP contribution in [-0.4, -0.2) is 40.7 Å². The molecule has 0 heterocycles. The second-order valence-corrected chi connectivity index (χ2v) is 16.2. The minimum absolute atomic E-state index is 0.0251. The van der Waals surface area contributed by atoms with E-state index in [0.717, 1.165) is 57.8 Å². The molecular formula is C33H53NO4. The first-order chi connectivity index (χ1) is 17.4. The van der Waals surface area contributed by atoms with Gasteiger partial charge in [-0.3, -0.25) is 9.59 Å². The third kappa shape index (κ3) is 3.69. The summed E-state index contributed by atoms with van der Waals surface area (Å²) in [5.41, 5.74) is 0.444. The monoisotopic (exact) mass is 527 g/mol. The number of fused-ring (bicyclic) bond motifs is 7. The van der Waals surface area contributed by atoms with E-state index in [0.29, 0.717) is 11.7 Å². The SMILES string of the molecule is CC(O)CNC(=O)[C@@]1(C)CC[C@]2(C)CC[C@]3(C)C(=CC(=O)[C@@H]4[C@@]5(C)CC[C@H](O)C(C)(C)[C@@H]5CC[C@]43C)[C@@H]2C1. The van der Waals surface area contributed by atoms with Crippen LogP contribution >= 0.6 is 0 Å². The fraction of sp³-hybridized carbons (Fsp3) is 0.879. The largest absolute Gasteiger partial charge is 0.393 e. The van der Waals surface area contributed by atoms with E-state index < -0.39 is 11.5 Å². The number of amides is 1. The Hall–Kier alpha value is -1.20. The third-order valence-corrected chi connectivity index (χ3v) is 13.7. The maximum Gasteiger partial charge on any atom is 0.226 e. The molecule has 0 bridgehead atoms. The fourth-order valence-electron chi connectivity index (χ4n) is 10.8.